The number of fused-ring (bicyclic) bond motifs is 1. The van der Waals surface area contributed by atoms with E-state index in [0.29, 0.717) is 5.82 Å². The topological polar surface area (TPSA) is 65.8 Å². The Morgan fingerprint density at radius 3 is 2.61 bits per heavy atom. The summed E-state index contributed by atoms with van der Waals surface area (Å²) >= 11 is 0. The van der Waals surface area contributed by atoms with Crippen LogP contribution >= 0.6 is 0 Å². The maximum atomic E-state index is 12.3. The molecular formula is C13H12N4O. The molecule has 0 radical (unpaired) electrons. The van der Waals surface area contributed by atoms with E-state index in [1.807, 2.05) is 24.3 Å². The number of aryl methyl sites for hydroxylation is 1. The number of hydrogen-bond donors (Lipinski definition) is 1. The number of benzene rings is 1. The highest BCUT2D eigenvalue weighted by Gasteiger charge is 2.11. The van der Waals surface area contributed by atoms with Crippen LogP contribution in [0.3, 0.4) is 0 Å². The van der Waals surface area contributed by atoms with Gasteiger partial charge in [0, 0.05) is 19.3 Å². The Bertz CT molecular complexity index is 785. The summed E-state index contributed by atoms with van der Waals surface area (Å²) in [5.41, 5.74) is 8.04. The molecule has 3 rings (SSSR count). The molecule has 0 bridgehead atoms. The second kappa shape index (κ2) is 3.73. The number of imidazole rings is 1. The van der Waals surface area contributed by atoms with Crippen LogP contribution in [0.15, 0.2) is 47.4 Å². The molecule has 90 valence electrons. The molecular weight excluding hydrogens is 228 g/mol. The number of para-hydroxylation sites is 2. The molecule has 0 aliphatic carbocycles. The molecule has 0 saturated heterocycles. The number of anilines is 1. The lowest BCUT2D eigenvalue weighted by Crippen LogP contribution is -2.20. The molecule has 18 heavy (non-hydrogen) atoms. The maximum Gasteiger partial charge on any atom is 0.333 e. The van der Waals surface area contributed by atoms with Gasteiger partial charge in [0.1, 0.15) is 5.82 Å². The summed E-state index contributed by atoms with van der Waals surface area (Å²) < 4.78 is 3.25. The molecule has 2 heterocycles. The van der Waals surface area contributed by atoms with Gasteiger partial charge >= 0.3 is 5.69 Å². The van der Waals surface area contributed by atoms with Gasteiger partial charge in [-0.3, -0.25) is 9.13 Å². The van der Waals surface area contributed by atoms with Crippen molar-refractivity contribution < 1.29 is 0 Å². The Morgan fingerprint density at radius 1 is 1.17 bits per heavy atom. The van der Waals surface area contributed by atoms with Crippen LogP contribution in [0.1, 0.15) is 0 Å². The normalized spacial score (nSPS) is 10.9. The predicted molar refractivity (Wildman–Crippen MR) is 70.7 cm³/mol. The summed E-state index contributed by atoms with van der Waals surface area (Å²) in [6, 6.07) is 11.1. The van der Waals surface area contributed by atoms with Crippen LogP contribution in [0.4, 0.5) is 5.82 Å². The van der Waals surface area contributed by atoms with Crippen molar-refractivity contribution >= 4 is 16.9 Å². The summed E-state index contributed by atoms with van der Waals surface area (Å²) in [6.07, 6.45) is 1.60. The molecule has 0 atom stereocenters. The van der Waals surface area contributed by atoms with Crippen molar-refractivity contribution in [2.24, 2.45) is 7.05 Å². The van der Waals surface area contributed by atoms with E-state index < -0.39 is 0 Å². The molecule has 2 aromatic heterocycles. The summed E-state index contributed by atoms with van der Waals surface area (Å²) in [4.78, 5) is 16.2. The minimum absolute atomic E-state index is 0.0956. The molecule has 0 saturated carbocycles. The number of nitrogens with two attached hydrogens (primary N) is 1. The standard InChI is InChI=1S/C13H12N4O/c1-16-10-4-2-3-5-11(10)17(13(16)18)9-6-7-15-12(14)8-9/h2-8H,1H3,(H2,14,15). The fraction of sp³-hybridized carbons (Fsp3) is 0.0769. The number of nitrogen functional groups attached to an aromatic ring is 1. The van der Waals surface area contributed by atoms with Crippen LogP contribution in [0.25, 0.3) is 16.7 Å². The zero-order chi connectivity index (χ0) is 12.7. The fourth-order valence-corrected chi connectivity index (χ4v) is 2.12. The molecule has 0 amide bonds. The highest BCUT2D eigenvalue weighted by atomic mass is 16.1. The quantitative estimate of drug-likeness (QED) is 0.697. The highest BCUT2D eigenvalue weighted by Crippen LogP contribution is 2.17. The molecule has 2 N–H and O–H groups in total. The molecule has 1 aromatic carbocycles. The van der Waals surface area contributed by atoms with Gasteiger partial charge in [-0.15, -0.1) is 0 Å². The zero-order valence-electron chi connectivity index (χ0n) is 9.87. The van der Waals surface area contributed by atoms with Gasteiger partial charge in [0.05, 0.1) is 16.7 Å². The number of hydrogen-bond acceptors (Lipinski definition) is 3. The van der Waals surface area contributed by atoms with Crippen molar-refractivity contribution in [3.05, 3.63) is 53.1 Å². The van der Waals surface area contributed by atoms with E-state index >= 15 is 0 Å². The van der Waals surface area contributed by atoms with Crippen molar-refractivity contribution in [2.75, 3.05) is 5.73 Å². The molecule has 0 spiro atoms. The summed E-state index contributed by atoms with van der Waals surface area (Å²) in [7, 11) is 1.76. The van der Waals surface area contributed by atoms with Gasteiger partial charge < -0.3 is 5.73 Å². The third-order valence-electron chi connectivity index (χ3n) is 2.99. The van der Waals surface area contributed by atoms with Crippen LogP contribution in [-0.2, 0) is 7.05 Å². The first kappa shape index (κ1) is 10.6. The molecule has 0 aliphatic heterocycles. The molecule has 0 aliphatic rings. The van der Waals surface area contributed by atoms with Crippen LogP contribution in [0, 0.1) is 0 Å². The van der Waals surface area contributed by atoms with E-state index in [1.54, 1.807) is 34.5 Å². The number of nitrogens with zero attached hydrogens (tertiary/aromatic N) is 3. The average Bonchev–Trinajstić information content (AvgIpc) is 2.63. The molecule has 5 nitrogen and oxygen atoms in total. The minimum Gasteiger partial charge on any atom is -0.384 e. The molecule has 0 fully saturated rings. The molecule has 0 unspecified atom stereocenters. The Morgan fingerprint density at radius 2 is 1.89 bits per heavy atom. The van der Waals surface area contributed by atoms with Crippen molar-refractivity contribution in [3.63, 3.8) is 0 Å². The minimum atomic E-state index is -0.0956. The Labute approximate surface area is 103 Å². The van der Waals surface area contributed by atoms with Gasteiger partial charge in [-0.05, 0) is 18.2 Å². The first-order chi connectivity index (χ1) is 8.68. The number of pyridine rings is 1. The Hall–Kier alpha value is -2.56. The van der Waals surface area contributed by atoms with E-state index in [0.717, 1.165) is 16.7 Å². The van der Waals surface area contributed by atoms with Crippen LogP contribution < -0.4 is 11.4 Å². The van der Waals surface area contributed by atoms with Gasteiger partial charge in [0.2, 0.25) is 0 Å². The van der Waals surface area contributed by atoms with Gasteiger partial charge in [0.25, 0.3) is 0 Å². The number of aromatic nitrogens is 3. The van der Waals surface area contributed by atoms with E-state index in [2.05, 4.69) is 4.98 Å². The van der Waals surface area contributed by atoms with E-state index in [4.69, 9.17) is 5.73 Å². The largest absolute Gasteiger partial charge is 0.384 e. The third-order valence-corrected chi connectivity index (χ3v) is 2.99. The predicted octanol–water partition coefficient (Wildman–Crippen LogP) is 1.31. The third kappa shape index (κ3) is 1.41. The lowest BCUT2D eigenvalue weighted by atomic mass is 10.3. The van der Waals surface area contributed by atoms with Gasteiger partial charge in [-0.1, -0.05) is 12.1 Å². The van der Waals surface area contributed by atoms with Crippen molar-refractivity contribution in [1.29, 1.82) is 0 Å². The smallest absolute Gasteiger partial charge is 0.333 e. The van der Waals surface area contributed by atoms with Crippen molar-refractivity contribution in [3.8, 4) is 5.69 Å². The first-order valence-electron chi connectivity index (χ1n) is 5.57. The summed E-state index contributed by atoms with van der Waals surface area (Å²) in [6.45, 7) is 0. The fourth-order valence-electron chi connectivity index (χ4n) is 2.12. The summed E-state index contributed by atoms with van der Waals surface area (Å²) in [5.74, 6) is 0.396. The average molecular weight is 240 g/mol. The van der Waals surface area contributed by atoms with E-state index in [9.17, 15) is 4.79 Å². The monoisotopic (exact) mass is 240 g/mol. The van der Waals surface area contributed by atoms with E-state index in [1.165, 1.54) is 0 Å². The van der Waals surface area contributed by atoms with Gasteiger partial charge in [-0.25, -0.2) is 9.78 Å². The molecule has 3 aromatic rings. The summed E-state index contributed by atoms with van der Waals surface area (Å²) in [5, 5.41) is 0. The first-order valence-corrected chi connectivity index (χ1v) is 5.57. The lowest BCUT2D eigenvalue weighted by molar-refractivity contribution is 0.846. The zero-order valence-corrected chi connectivity index (χ0v) is 9.87. The maximum absolute atomic E-state index is 12.3. The second-order valence-electron chi connectivity index (χ2n) is 4.10. The van der Waals surface area contributed by atoms with Crippen LogP contribution in [0.5, 0.6) is 0 Å². The van der Waals surface area contributed by atoms with Crippen molar-refractivity contribution in [1.82, 2.24) is 14.1 Å². The van der Waals surface area contributed by atoms with E-state index in [-0.39, 0.29) is 5.69 Å². The second-order valence-corrected chi connectivity index (χ2v) is 4.10. The SMILES string of the molecule is Cn1c(=O)n(-c2ccnc(N)c2)c2ccccc21. The highest BCUT2D eigenvalue weighted by molar-refractivity contribution is 5.78. The van der Waals surface area contributed by atoms with Gasteiger partial charge in [0.15, 0.2) is 0 Å². The molecule has 5 heteroatoms. The Kier molecular flexibility index (Phi) is 2.19. The van der Waals surface area contributed by atoms with Gasteiger partial charge in [-0.2, -0.15) is 0 Å². The van der Waals surface area contributed by atoms with Crippen molar-refractivity contribution in [2.45, 2.75) is 0 Å². The van der Waals surface area contributed by atoms with Crippen LogP contribution in [0.2, 0.25) is 0 Å². The Balaban J connectivity index is 2.43. The van der Waals surface area contributed by atoms with Crippen LogP contribution in [-0.4, -0.2) is 14.1 Å². The number of rotatable bonds is 1. The lowest BCUT2D eigenvalue weighted by Gasteiger charge is -2.03.